The van der Waals surface area contributed by atoms with Gasteiger partial charge in [-0.2, -0.15) is 0 Å². The second-order valence-electron chi connectivity index (χ2n) is 4.54. The van der Waals surface area contributed by atoms with E-state index < -0.39 is 18.2 Å². The predicted octanol–water partition coefficient (Wildman–Crippen LogP) is 1.03. The number of methoxy groups -OCH3 is 2. The topological polar surface area (TPSA) is 74.2 Å². The number of benzene rings is 1. The molecule has 1 aliphatic heterocycles. The maximum Gasteiger partial charge on any atom is 0.335 e. The van der Waals surface area contributed by atoms with E-state index in [0.717, 1.165) is 11.3 Å². The zero-order valence-electron chi connectivity index (χ0n) is 11.9. The highest BCUT2D eigenvalue weighted by Gasteiger charge is 2.33. The number of carbonyl (C=O) groups is 1. The van der Waals surface area contributed by atoms with Gasteiger partial charge in [-0.3, -0.25) is 0 Å². The zero-order chi connectivity index (χ0) is 15.2. The van der Waals surface area contributed by atoms with Crippen LogP contribution in [0.3, 0.4) is 0 Å². The first kappa shape index (κ1) is 15.3. The molecule has 0 saturated carbocycles. The summed E-state index contributed by atoms with van der Waals surface area (Å²) >= 11 is 0. The SMILES string of the molecule is COC1=CC(=O)OC1C(O)COCc1ccc(OC)cc1. The van der Waals surface area contributed by atoms with E-state index in [2.05, 4.69) is 0 Å². The van der Waals surface area contributed by atoms with Crippen LogP contribution in [-0.2, 0) is 25.6 Å². The van der Waals surface area contributed by atoms with E-state index >= 15 is 0 Å². The Morgan fingerprint density at radius 1 is 1.24 bits per heavy atom. The molecular weight excluding hydrogens is 276 g/mol. The molecule has 21 heavy (non-hydrogen) atoms. The van der Waals surface area contributed by atoms with E-state index in [9.17, 15) is 9.90 Å². The first-order valence-corrected chi connectivity index (χ1v) is 6.49. The van der Waals surface area contributed by atoms with Gasteiger partial charge < -0.3 is 24.1 Å². The van der Waals surface area contributed by atoms with E-state index in [0.29, 0.717) is 12.4 Å². The van der Waals surface area contributed by atoms with Gasteiger partial charge in [0.1, 0.15) is 17.6 Å². The second kappa shape index (κ2) is 7.10. The number of hydrogen-bond acceptors (Lipinski definition) is 6. The lowest BCUT2D eigenvalue weighted by Crippen LogP contribution is -2.33. The Morgan fingerprint density at radius 2 is 1.95 bits per heavy atom. The van der Waals surface area contributed by atoms with Crippen LogP contribution in [0.4, 0.5) is 0 Å². The first-order chi connectivity index (χ1) is 10.1. The number of carbonyl (C=O) groups excluding carboxylic acids is 1. The highest BCUT2D eigenvalue weighted by molar-refractivity contribution is 5.85. The third kappa shape index (κ3) is 3.96. The summed E-state index contributed by atoms with van der Waals surface area (Å²) in [5.41, 5.74) is 0.953. The average Bonchev–Trinajstić information content (AvgIpc) is 2.89. The summed E-state index contributed by atoms with van der Waals surface area (Å²) in [5, 5.41) is 9.99. The average molecular weight is 294 g/mol. The van der Waals surface area contributed by atoms with Crippen LogP contribution < -0.4 is 4.74 Å². The molecule has 0 bridgehead atoms. The monoisotopic (exact) mass is 294 g/mol. The molecule has 1 aromatic rings. The molecule has 0 saturated heterocycles. The Hall–Kier alpha value is -2.05. The molecule has 1 aliphatic rings. The summed E-state index contributed by atoms with van der Waals surface area (Å²) in [7, 11) is 3.03. The standard InChI is InChI=1S/C15H18O6/c1-18-11-5-3-10(4-6-11)8-20-9-12(16)15-13(19-2)7-14(17)21-15/h3-7,12,15-16H,8-9H2,1-2H3. The number of aliphatic hydroxyl groups is 1. The summed E-state index contributed by atoms with van der Waals surface area (Å²) in [6.45, 7) is 0.373. The second-order valence-corrected chi connectivity index (χ2v) is 4.54. The number of ether oxygens (including phenoxy) is 4. The van der Waals surface area contributed by atoms with Gasteiger partial charge in [0, 0.05) is 0 Å². The smallest absolute Gasteiger partial charge is 0.335 e. The van der Waals surface area contributed by atoms with Crippen molar-refractivity contribution in [3.63, 3.8) is 0 Å². The number of aliphatic hydroxyl groups excluding tert-OH is 1. The summed E-state index contributed by atoms with van der Waals surface area (Å²) < 4.78 is 20.4. The maximum atomic E-state index is 11.1. The Balaban J connectivity index is 1.80. The van der Waals surface area contributed by atoms with Gasteiger partial charge in [0.25, 0.3) is 0 Å². The molecule has 0 amide bonds. The summed E-state index contributed by atoms with van der Waals surface area (Å²) in [4.78, 5) is 11.1. The molecule has 0 radical (unpaired) electrons. The lowest BCUT2D eigenvalue weighted by molar-refractivity contribution is -0.146. The highest BCUT2D eigenvalue weighted by Crippen LogP contribution is 2.20. The Morgan fingerprint density at radius 3 is 2.57 bits per heavy atom. The van der Waals surface area contributed by atoms with Gasteiger partial charge in [0.2, 0.25) is 0 Å². The van der Waals surface area contributed by atoms with Gasteiger partial charge in [0.05, 0.1) is 33.5 Å². The third-order valence-electron chi connectivity index (χ3n) is 3.09. The summed E-state index contributed by atoms with van der Waals surface area (Å²) in [5.74, 6) is 0.554. The third-order valence-corrected chi connectivity index (χ3v) is 3.09. The van der Waals surface area contributed by atoms with Crippen molar-refractivity contribution in [1.82, 2.24) is 0 Å². The van der Waals surface area contributed by atoms with Gasteiger partial charge in [-0.1, -0.05) is 12.1 Å². The summed E-state index contributed by atoms with van der Waals surface area (Å²) in [6.07, 6.45) is -0.559. The van der Waals surface area contributed by atoms with Crippen LogP contribution in [0.2, 0.25) is 0 Å². The molecule has 114 valence electrons. The van der Waals surface area contributed by atoms with Crippen molar-refractivity contribution in [2.75, 3.05) is 20.8 Å². The Bertz CT molecular complexity index is 507. The van der Waals surface area contributed by atoms with Crippen molar-refractivity contribution in [3.8, 4) is 5.75 Å². The zero-order valence-corrected chi connectivity index (χ0v) is 11.9. The number of rotatable bonds is 7. The molecule has 0 spiro atoms. The van der Waals surface area contributed by atoms with Gasteiger partial charge in [-0.15, -0.1) is 0 Å². The lowest BCUT2D eigenvalue weighted by Gasteiger charge is -2.19. The van der Waals surface area contributed by atoms with Crippen LogP contribution in [0.1, 0.15) is 5.56 Å². The molecule has 0 fully saturated rings. The molecule has 0 aliphatic carbocycles. The van der Waals surface area contributed by atoms with Crippen molar-refractivity contribution in [3.05, 3.63) is 41.7 Å². The van der Waals surface area contributed by atoms with Gasteiger partial charge in [-0.25, -0.2) is 4.79 Å². The quantitative estimate of drug-likeness (QED) is 0.757. The largest absolute Gasteiger partial charge is 0.497 e. The highest BCUT2D eigenvalue weighted by atomic mass is 16.6. The maximum absolute atomic E-state index is 11.1. The van der Waals surface area contributed by atoms with Crippen molar-refractivity contribution in [2.24, 2.45) is 0 Å². The van der Waals surface area contributed by atoms with Crippen LogP contribution in [0.25, 0.3) is 0 Å². The lowest BCUT2D eigenvalue weighted by atomic mass is 10.2. The van der Waals surface area contributed by atoms with E-state index in [4.69, 9.17) is 18.9 Å². The van der Waals surface area contributed by atoms with E-state index in [1.807, 2.05) is 24.3 Å². The predicted molar refractivity (Wildman–Crippen MR) is 73.6 cm³/mol. The van der Waals surface area contributed by atoms with E-state index in [1.165, 1.54) is 13.2 Å². The van der Waals surface area contributed by atoms with Gasteiger partial charge in [0.15, 0.2) is 6.10 Å². The van der Waals surface area contributed by atoms with Gasteiger partial charge >= 0.3 is 5.97 Å². The fourth-order valence-corrected chi connectivity index (χ4v) is 1.97. The molecule has 6 nitrogen and oxygen atoms in total. The van der Waals surface area contributed by atoms with Crippen LogP contribution >= 0.6 is 0 Å². The molecule has 0 aromatic heterocycles. The molecule has 2 atom stereocenters. The van der Waals surface area contributed by atoms with Crippen molar-refractivity contribution in [1.29, 1.82) is 0 Å². The first-order valence-electron chi connectivity index (χ1n) is 6.49. The van der Waals surface area contributed by atoms with E-state index in [1.54, 1.807) is 7.11 Å². The molecule has 6 heteroatoms. The van der Waals surface area contributed by atoms with Crippen molar-refractivity contribution < 1.29 is 28.8 Å². The molecular formula is C15H18O6. The number of cyclic esters (lactones) is 1. The Kier molecular flexibility index (Phi) is 5.19. The molecule has 1 aromatic carbocycles. The normalized spacial score (nSPS) is 18.9. The molecule has 1 heterocycles. The van der Waals surface area contributed by atoms with Crippen LogP contribution in [0.15, 0.2) is 36.1 Å². The summed E-state index contributed by atoms with van der Waals surface area (Å²) in [6, 6.07) is 7.42. The van der Waals surface area contributed by atoms with Crippen LogP contribution in [0.5, 0.6) is 5.75 Å². The number of esters is 1. The number of hydrogen-bond donors (Lipinski definition) is 1. The fourth-order valence-electron chi connectivity index (χ4n) is 1.97. The minimum atomic E-state index is -0.971. The van der Waals surface area contributed by atoms with Crippen molar-refractivity contribution in [2.45, 2.75) is 18.8 Å². The van der Waals surface area contributed by atoms with E-state index in [-0.39, 0.29) is 6.61 Å². The van der Waals surface area contributed by atoms with Crippen LogP contribution in [0, 0.1) is 0 Å². The van der Waals surface area contributed by atoms with Crippen molar-refractivity contribution >= 4 is 5.97 Å². The minimum absolute atomic E-state index is 0.0324. The fraction of sp³-hybridized carbons (Fsp3) is 0.400. The minimum Gasteiger partial charge on any atom is -0.497 e. The Labute approximate surface area is 122 Å². The molecule has 2 unspecified atom stereocenters. The van der Waals surface area contributed by atoms with Gasteiger partial charge in [-0.05, 0) is 17.7 Å². The molecule has 2 rings (SSSR count). The molecule has 1 N–H and O–H groups in total. The van der Waals surface area contributed by atoms with Crippen LogP contribution in [-0.4, -0.2) is 44.1 Å².